The summed E-state index contributed by atoms with van der Waals surface area (Å²) in [6.07, 6.45) is 2.01. The molecule has 1 rings (SSSR count). The maximum absolute atomic E-state index is 9.06. The van der Waals surface area contributed by atoms with Gasteiger partial charge in [0.15, 0.2) is 0 Å². The van der Waals surface area contributed by atoms with Gasteiger partial charge in [-0.1, -0.05) is 13.8 Å². The Morgan fingerprint density at radius 3 is 2.60 bits per heavy atom. The van der Waals surface area contributed by atoms with Gasteiger partial charge < -0.3 is 9.84 Å². The van der Waals surface area contributed by atoms with Gasteiger partial charge >= 0.3 is 0 Å². The van der Waals surface area contributed by atoms with Crippen molar-refractivity contribution in [3.8, 4) is 0 Å². The van der Waals surface area contributed by atoms with Crippen molar-refractivity contribution in [2.75, 3.05) is 13.2 Å². The molecule has 1 aliphatic heterocycles. The van der Waals surface area contributed by atoms with E-state index >= 15 is 0 Å². The highest BCUT2D eigenvalue weighted by molar-refractivity contribution is 4.88. The van der Waals surface area contributed by atoms with Gasteiger partial charge in [0.05, 0.1) is 12.2 Å². The summed E-state index contributed by atoms with van der Waals surface area (Å²) in [5.74, 6) is 0.516. The zero-order chi connectivity index (χ0) is 7.61. The molecule has 0 amide bonds. The first kappa shape index (κ1) is 8.02. The van der Waals surface area contributed by atoms with Crippen LogP contribution in [0.3, 0.4) is 0 Å². The van der Waals surface area contributed by atoms with E-state index in [1.165, 1.54) is 0 Å². The second-order valence-corrected chi connectivity index (χ2v) is 3.11. The summed E-state index contributed by atoms with van der Waals surface area (Å²) in [6, 6.07) is 0. The maximum Gasteiger partial charge on any atom is 0.0935 e. The van der Waals surface area contributed by atoms with Gasteiger partial charge in [-0.05, 0) is 18.8 Å². The Morgan fingerprint density at radius 1 is 1.70 bits per heavy atom. The van der Waals surface area contributed by atoms with E-state index in [0.717, 1.165) is 19.4 Å². The summed E-state index contributed by atoms with van der Waals surface area (Å²) in [4.78, 5) is 0. The molecule has 1 N–H and O–H groups in total. The number of aliphatic hydroxyl groups excluding tert-OH is 1. The molecule has 0 aromatic rings. The molecule has 2 heteroatoms. The monoisotopic (exact) mass is 144 g/mol. The summed E-state index contributed by atoms with van der Waals surface area (Å²) >= 11 is 0. The van der Waals surface area contributed by atoms with Crippen LogP contribution in [0.25, 0.3) is 0 Å². The Labute approximate surface area is 62.2 Å². The number of aliphatic hydroxyl groups is 1. The fourth-order valence-electron chi connectivity index (χ4n) is 1.61. The zero-order valence-corrected chi connectivity index (χ0v) is 6.76. The Hall–Kier alpha value is -0.0800. The summed E-state index contributed by atoms with van der Waals surface area (Å²) in [5, 5.41) is 9.06. The van der Waals surface area contributed by atoms with Crippen molar-refractivity contribution >= 4 is 0 Å². The molecular formula is C8H16O2. The van der Waals surface area contributed by atoms with Crippen LogP contribution in [-0.4, -0.2) is 23.9 Å². The molecule has 1 aliphatic rings. The molecule has 10 heavy (non-hydrogen) atoms. The van der Waals surface area contributed by atoms with E-state index in [4.69, 9.17) is 9.84 Å². The third-order valence-corrected chi connectivity index (χ3v) is 2.70. The fourth-order valence-corrected chi connectivity index (χ4v) is 1.61. The molecule has 1 fully saturated rings. The molecule has 0 radical (unpaired) electrons. The van der Waals surface area contributed by atoms with Crippen molar-refractivity contribution in [2.45, 2.75) is 32.3 Å². The number of rotatable bonds is 2. The molecular weight excluding hydrogens is 128 g/mol. The number of hydrogen-bond donors (Lipinski definition) is 1. The Balaban J connectivity index is 2.61. The van der Waals surface area contributed by atoms with Crippen molar-refractivity contribution in [3.05, 3.63) is 0 Å². The topological polar surface area (TPSA) is 29.5 Å². The predicted octanol–water partition coefficient (Wildman–Crippen LogP) is 1.18. The van der Waals surface area contributed by atoms with Gasteiger partial charge in [-0.3, -0.25) is 0 Å². The zero-order valence-electron chi connectivity index (χ0n) is 6.76. The largest absolute Gasteiger partial charge is 0.393 e. The van der Waals surface area contributed by atoms with E-state index in [9.17, 15) is 0 Å². The van der Waals surface area contributed by atoms with Gasteiger partial charge in [-0.2, -0.15) is 0 Å². The molecule has 2 atom stereocenters. The van der Waals surface area contributed by atoms with Crippen LogP contribution in [0.4, 0.5) is 0 Å². The normalized spacial score (nSPS) is 40.5. The quantitative estimate of drug-likeness (QED) is 0.630. The van der Waals surface area contributed by atoms with Gasteiger partial charge in [0.25, 0.3) is 0 Å². The summed E-state index contributed by atoms with van der Waals surface area (Å²) in [6.45, 7) is 5.20. The molecule has 0 aromatic carbocycles. The van der Waals surface area contributed by atoms with E-state index in [-0.39, 0.29) is 12.2 Å². The van der Waals surface area contributed by atoms with Gasteiger partial charge in [0.1, 0.15) is 0 Å². The van der Waals surface area contributed by atoms with Crippen molar-refractivity contribution < 1.29 is 9.84 Å². The van der Waals surface area contributed by atoms with Crippen molar-refractivity contribution in [3.63, 3.8) is 0 Å². The standard InChI is InChI=1S/C8H16O2/c1-3-8(6-9)7(2)4-5-10-8/h7,9H,3-6H2,1-2H3. The number of ether oxygens (including phenoxy) is 1. The second kappa shape index (κ2) is 2.89. The molecule has 1 saturated heterocycles. The lowest BCUT2D eigenvalue weighted by Gasteiger charge is -2.28. The minimum absolute atomic E-state index is 0.171. The third kappa shape index (κ3) is 1.06. The molecule has 0 aliphatic carbocycles. The third-order valence-electron chi connectivity index (χ3n) is 2.70. The first-order valence-electron chi connectivity index (χ1n) is 4.00. The smallest absolute Gasteiger partial charge is 0.0935 e. The lowest BCUT2D eigenvalue weighted by Crippen LogP contribution is -2.37. The predicted molar refractivity (Wildman–Crippen MR) is 39.8 cm³/mol. The van der Waals surface area contributed by atoms with Crippen LogP contribution in [0.5, 0.6) is 0 Å². The first-order chi connectivity index (χ1) is 4.75. The number of hydrogen-bond acceptors (Lipinski definition) is 2. The highest BCUT2D eigenvalue weighted by Crippen LogP contribution is 2.33. The highest BCUT2D eigenvalue weighted by atomic mass is 16.5. The minimum Gasteiger partial charge on any atom is -0.393 e. The fraction of sp³-hybridized carbons (Fsp3) is 1.00. The molecule has 0 spiro atoms. The van der Waals surface area contributed by atoms with Crippen molar-refractivity contribution in [1.82, 2.24) is 0 Å². The lowest BCUT2D eigenvalue weighted by atomic mass is 9.87. The lowest BCUT2D eigenvalue weighted by molar-refractivity contribution is -0.0606. The van der Waals surface area contributed by atoms with Crippen molar-refractivity contribution in [1.29, 1.82) is 0 Å². The van der Waals surface area contributed by atoms with Crippen LogP contribution >= 0.6 is 0 Å². The molecule has 2 unspecified atom stereocenters. The van der Waals surface area contributed by atoms with Gasteiger partial charge in [0.2, 0.25) is 0 Å². The van der Waals surface area contributed by atoms with E-state index in [2.05, 4.69) is 13.8 Å². The van der Waals surface area contributed by atoms with Crippen LogP contribution in [0.1, 0.15) is 26.7 Å². The van der Waals surface area contributed by atoms with E-state index in [1.807, 2.05) is 0 Å². The maximum atomic E-state index is 9.06. The Bertz CT molecular complexity index is 108. The van der Waals surface area contributed by atoms with Crippen LogP contribution in [0.15, 0.2) is 0 Å². The Morgan fingerprint density at radius 2 is 2.40 bits per heavy atom. The SMILES string of the molecule is CCC1(CO)OCCC1C. The van der Waals surface area contributed by atoms with E-state index < -0.39 is 0 Å². The molecule has 0 saturated carbocycles. The average Bonchev–Trinajstić information content (AvgIpc) is 2.32. The molecule has 1 heterocycles. The summed E-state index contributed by atoms with van der Waals surface area (Å²) in [7, 11) is 0. The van der Waals surface area contributed by atoms with Gasteiger partial charge in [-0.25, -0.2) is 0 Å². The molecule has 0 bridgehead atoms. The van der Waals surface area contributed by atoms with Crippen LogP contribution < -0.4 is 0 Å². The van der Waals surface area contributed by atoms with Crippen LogP contribution in [0, 0.1) is 5.92 Å². The second-order valence-electron chi connectivity index (χ2n) is 3.11. The minimum atomic E-state index is -0.208. The van der Waals surface area contributed by atoms with E-state index in [0.29, 0.717) is 5.92 Å². The molecule has 2 nitrogen and oxygen atoms in total. The van der Waals surface area contributed by atoms with Gasteiger partial charge in [-0.15, -0.1) is 0 Å². The Kier molecular flexibility index (Phi) is 2.32. The molecule has 0 aromatic heterocycles. The average molecular weight is 144 g/mol. The molecule has 60 valence electrons. The van der Waals surface area contributed by atoms with Gasteiger partial charge in [0, 0.05) is 6.61 Å². The highest BCUT2D eigenvalue weighted by Gasteiger charge is 2.39. The van der Waals surface area contributed by atoms with E-state index in [1.54, 1.807) is 0 Å². The van der Waals surface area contributed by atoms with Crippen LogP contribution in [-0.2, 0) is 4.74 Å². The summed E-state index contributed by atoms with van der Waals surface area (Å²) < 4.78 is 5.50. The summed E-state index contributed by atoms with van der Waals surface area (Å²) in [5.41, 5.74) is -0.208. The van der Waals surface area contributed by atoms with Crippen LogP contribution in [0.2, 0.25) is 0 Å². The first-order valence-corrected chi connectivity index (χ1v) is 4.00. The van der Waals surface area contributed by atoms with Crippen molar-refractivity contribution in [2.24, 2.45) is 5.92 Å².